The first-order valence-electron chi connectivity index (χ1n) is 6.61. The Hall–Kier alpha value is -0.770. The van der Waals surface area contributed by atoms with Gasteiger partial charge in [0.25, 0.3) is 0 Å². The van der Waals surface area contributed by atoms with Crippen molar-refractivity contribution in [2.24, 2.45) is 5.92 Å². The number of likely N-dealkylation sites (tertiary alicyclic amines) is 1. The van der Waals surface area contributed by atoms with E-state index in [0.29, 0.717) is 6.04 Å². The van der Waals surface area contributed by atoms with E-state index in [0.717, 1.165) is 25.4 Å². The third-order valence-corrected chi connectivity index (χ3v) is 3.78. The van der Waals surface area contributed by atoms with Crippen molar-refractivity contribution >= 4 is 6.09 Å². The number of rotatable bonds is 0. The van der Waals surface area contributed by atoms with Gasteiger partial charge in [0.1, 0.15) is 5.60 Å². The van der Waals surface area contributed by atoms with Gasteiger partial charge in [0.2, 0.25) is 0 Å². The van der Waals surface area contributed by atoms with Crippen molar-refractivity contribution in [2.75, 3.05) is 13.1 Å². The first-order valence-corrected chi connectivity index (χ1v) is 6.61. The summed E-state index contributed by atoms with van der Waals surface area (Å²) >= 11 is 0. The van der Waals surface area contributed by atoms with Gasteiger partial charge in [-0.25, -0.2) is 4.79 Å². The van der Waals surface area contributed by atoms with Crippen LogP contribution in [0.4, 0.5) is 4.79 Å². The molecule has 2 heterocycles. The summed E-state index contributed by atoms with van der Waals surface area (Å²) in [5, 5.41) is 3.51. The topological polar surface area (TPSA) is 41.6 Å². The largest absolute Gasteiger partial charge is 0.444 e. The molecule has 4 heteroatoms. The van der Waals surface area contributed by atoms with Gasteiger partial charge in [-0.1, -0.05) is 0 Å². The molecule has 0 aromatic carbocycles. The smallest absolute Gasteiger partial charge is 0.410 e. The van der Waals surface area contributed by atoms with Crippen molar-refractivity contribution in [3.05, 3.63) is 0 Å². The third-order valence-electron chi connectivity index (χ3n) is 3.78. The van der Waals surface area contributed by atoms with Crippen LogP contribution in [0.5, 0.6) is 0 Å². The van der Waals surface area contributed by atoms with Crippen LogP contribution < -0.4 is 5.32 Å². The van der Waals surface area contributed by atoms with Crippen LogP contribution in [0.25, 0.3) is 0 Å². The molecule has 17 heavy (non-hydrogen) atoms. The van der Waals surface area contributed by atoms with Crippen molar-refractivity contribution < 1.29 is 9.53 Å². The maximum absolute atomic E-state index is 12.1. The second-order valence-corrected chi connectivity index (χ2v) is 6.23. The van der Waals surface area contributed by atoms with Crippen molar-refractivity contribution in [1.29, 1.82) is 0 Å². The molecule has 98 valence electrons. The summed E-state index contributed by atoms with van der Waals surface area (Å²) in [5.74, 6) is 0.740. The number of ether oxygens (including phenoxy) is 1. The Morgan fingerprint density at radius 1 is 1.35 bits per heavy atom. The Kier molecular flexibility index (Phi) is 3.34. The molecular weight excluding hydrogens is 216 g/mol. The highest BCUT2D eigenvalue weighted by molar-refractivity contribution is 5.68. The molecule has 3 unspecified atom stereocenters. The molecule has 0 aliphatic carbocycles. The van der Waals surface area contributed by atoms with E-state index >= 15 is 0 Å². The molecule has 2 aliphatic rings. The fourth-order valence-electron chi connectivity index (χ4n) is 2.95. The van der Waals surface area contributed by atoms with E-state index in [2.05, 4.69) is 12.2 Å². The fourth-order valence-corrected chi connectivity index (χ4v) is 2.95. The summed E-state index contributed by atoms with van der Waals surface area (Å²) in [6.07, 6.45) is 2.18. The number of nitrogens with one attached hydrogen (secondary N) is 1. The highest BCUT2D eigenvalue weighted by atomic mass is 16.6. The Morgan fingerprint density at radius 3 is 2.71 bits per heavy atom. The van der Waals surface area contributed by atoms with E-state index < -0.39 is 5.60 Å². The number of fused-ring (bicyclic) bond motifs is 1. The SMILES string of the molecule is CC1C2NCCC2CCN1C(=O)OC(C)(C)C. The average Bonchev–Trinajstić information content (AvgIpc) is 2.63. The maximum atomic E-state index is 12.1. The van der Waals surface area contributed by atoms with E-state index in [9.17, 15) is 4.79 Å². The van der Waals surface area contributed by atoms with Crippen LogP contribution in [0.1, 0.15) is 40.5 Å². The molecule has 0 spiro atoms. The van der Waals surface area contributed by atoms with Crippen LogP contribution in [0.15, 0.2) is 0 Å². The Labute approximate surface area is 104 Å². The van der Waals surface area contributed by atoms with Gasteiger partial charge in [0.15, 0.2) is 0 Å². The lowest BCUT2D eigenvalue weighted by Gasteiger charge is -2.41. The van der Waals surface area contributed by atoms with Crippen LogP contribution in [0, 0.1) is 5.92 Å². The molecule has 0 aromatic rings. The summed E-state index contributed by atoms with van der Waals surface area (Å²) in [4.78, 5) is 14.0. The minimum atomic E-state index is -0.406. The van der Waals surface area contributed by atoms with Gasteiger partial charge < -0.3 is 15.0 Å². The number of amides is 1. The lowest BCUT2D eigenvalue weighted by atomic mass is 9.87. The second kappa shape index (κ2) is 4.48. The van der Waals surface area contributed by atoms with E-state index in [1.807, 2.05) is 25.7 Å². The molecule has 4 nitrogen and oxygen atoms in total. The summed E-state index contributed by atoms with van der Waals surface area (Å²) in [6, 6.07) is 0.697. The molecule has 1 amide bonds. The van der Waals surface area contributed by atoms with Gasteiger partial charge >= 0.3 is 6.09 Å². The number of hydrogen-bond donors (Lipinski definition) is 1. The summed E-state index contributed by atoms with van der Waals surface area (Å²) in [7, 11) is 0. The summed E-state index contributed by atoms with van der Waals surface area (Å²) in [5.41, 5.74) is -0.406. The molecule has 2 rings (SSSR count). The zero-order chi connectivity index (χ0) is 12.6. The summed E-state index contributed by atoms with van der Waals surface area (Å²) in [6.45, 7) is 9.78. The molecule has 1 N–H and O–H groups in total. The van der Waals surface area contributed by atoms with Crippen LogP contribution in [-0.4, -0.2) is 41.8 Å². The fraction of sp³-hybridized carbons (Fsp3) is 0.923. The molecular formula is C13H24N2O2. The van der Waals surface area contributed by atoms with Gasteiger partial charge in [-0.15, -0.1) is 0 Å². The van der Waals surface area contributed by atoms with Gasteiger partial charge in [-0.3, -0.25) is 0 Å². The zero-order valence-corrected chi connectivity index (χ0v) is 11.3. The monoisotopic (exact) mass is 240 g/mol. The van der Waals surface area contributed by atoms with Crippen LogP contribution in [0.2, 0.25) is 0 Å². The third kappa shape index (κ3) is 2.73. The van der Waals surface area contributed by atoms with E-state index in [4.69, 9.17) is 4.74 Å². The number of nitrogens with zero attached hydrogens (tertiary/aromatic N) is 1. The van der Waals surface area contributed by atoms with Crippen LogP contribution in [0.3, 0.4) is 0 Å². The van der Waals surface area contributed by atoms with E-state index in [1.54, 1.807) is 0 Å². The average molecular weight is 240 g/mol. The zero-order valence-electron chi connectivity index (χ0n) is 11.3. The Morgan fingerprint density at radius 2 is 2.06 bits per heavy atom. The molecule has 0 saturated carbocycles. The predicted octanol–water partition coefficient (Wildman–Crippen LogP) is 1.99. The normalized spacial score (nSPS) is 33.4. The quantitative estimate of drug-likeness (QED) is 0.704. The van der Waals surface area contributed by atoms with Crippen molar-refractivity contribution in [1.82, 2.24) is 10.2 Å². The molecule has 2 saturated heterocycles. The predicted molar refractivity (Wildman–Crippen MR) is 66.9 cm³/mol. The van der Waals surface area contributed by atoms with E-state index in [-0.39, 0.29) is 12.1 Å². The van der Waals surface area contributed by atoms with Crippen molar-refractivity contribution in [2.45, 2.75) is 58.2 Å². The van der Waals surface area contributed by atoms with E-state index in [1.165, 1.54) is 6.42 Å². The molecule has 2 fully saturated rings. The maximum Gasteiger partial charge on any atom is 0.410 e. The Balaban J connectivity index is 1.99. The number of hydrogen-bond acceptors (Lipinski definition) is 3. The molecule has 0 aromatic heterocycles. The van der Waals surface area contributed by atoms with Gasteiger partial charge in [0.05, 0.1) is 0 Å². The van der Waals surface area contributed by atoms with Gasteiger partial charge in [-0.2, -0.15) is 0 Å². The van der Waals surface area contributed by atoms with Crippen molar-refractivity contribution in [3.63, 3.8) is 0 Å². The molecule has 3 atom stereocenters. The Bertz CT molecular complexity index is 298. The second-order valence-electron chi connectivity index (χ2n) is 6.23. The molecule has 0 bridgehead atoms. The van der Waals surface area contributed by atoms with Gasteiger partial charge in [-0.05, 0) is 53.0 Å². The highest BCUT2D eigenvalue weighted by Gasteiger charge is 2.41. The van der Waals surface area contributed by atoms with Crippen LogP contribution >= 0.6 is 0 Å². The lowest BCUT2D eigenvalue weighted by molar-refractivity contribution is 0.00360. The minimum Gasteiger partial charge on any atom is -0.444 e. The lowest BCUT2D eigenvalue weighted by Crippen LogP contribution is -2.56. The minimum absolute atomic E-state index is 0.169. The number of carbonyl (C=O) groups excluding carboxylic acids is 1. The standard InChI is InChI=1S/C13H24N2O2/c1-9-11-10(5-7-14-11)6-8-15(9)12(16)17-13(2,3)4/h9-11,14H,5-8H2,1-4H3. The van der Waals surface area contributed by atoms with Crippen molar-refractivity contribution in [3.8, 4) is 0 Å². The molecule has 2 aliphatic heterocycles. The first-order chi connectivity index (χ1) is 7.88. The van der Waals surface area contributed by atoms with Crippen LogP contribution in [-0.2, 0) is 4.74 Å². The number of piperidine rings is 1. The highest BCUT2D eigenvalue weighted by Crippen LogP contribution is 2.30. The summed E-state index contributed by atoms with van der Waals surface area (Å²) < 4.78 is 5.46. The number of carbonyl (C=O) groups is 1. The molecule has 0 radical (unpaired) electrons. The first kappa shape index (κ1) is 12.7. The van der Waals surface area contributed by atoms with Gasteiger partial charge in [0, 0.05) is 18.6 Å².